The molecule has 5 heteroatoms. The molecule has 25 heavy (non-hydrogen) atoms. The van der Waals surface area contributed by atoms with Gasteiger partial charge in [-0.3, -0.25) is 9.59 Å². The molecule has 2 atom stereocenters. The second-order valence-electron chi connectivity index (χ2n) is 6.16. The normalized spacial score (nSPS) is 20.9. The van der Waals surface area contributed by atoms with Crippen LogP contribution in [0.15, 0.2) is 60.7 Å². The van der Waals surface area contributed by atoms with E-state index in [2.05, 4.69) is 0 Å². The molecule has 2 aromatic carbocycles. The number of amides is 2. The van der Waals surface area contributed by atoms with Gasteiger partial charge in [-0.25, -0.2) is 10.0 Å². The Balaban J connectivity index is 2.06. The summed E-state index contributed by atoms with van der Waals surface area (Å²) in [5.74, 6) is -1.45. The molecule has 0 spiro atoms. The fraction of sp³-hybridized carbons (Fsp3) is 0.300. The summed E-state index contributed by atoms with van der Waals surface area (Å²) >= 11 is 0. The van der Waals surface area contributed by atoms with Crippen LogP contribution in [0.25, 0.3) is 0 Å². The number of hydrogen-bond donors (Lipinski definition) is 1. The van der Waals surface area contributed by atoms with Crippen LogP contribution in [0, 0.1) is 5.92 Å². The Hall–Kier alpha value is -2.66. The second-order valence-corrected chi connectivity index (χ2v) is 6.16. The molecule has 2 unspecified atom stereocenters. The van der Waals surface area contributed by atoms with Gasteiger partial charge in [0.25, 0.3) is 11.8 Å². The van der Waals surface area contributed by atoms with Gasteiger partial charge in [0.15, 0.2) is 0 Å². The van der Waals surface area contributed by atoms with Gasteiger partial charge in [0, 0.05) is 0 Å². The minimum atomic E-state index is -1.32. The Kier molecular flexibility index (Phi) is 5.14. The maximum atomic E-state index is 13.1. The number of aliphatic hydroxyl groups is 1. The number of hydrogen-bond acceptors (Lipinski definition) is 3. The van der Waals surface area contributed by atoms with Crippen LogP contribution in [0.3, 0.4) is 0 Å². The highest BCUT2D eigenvalue weighted by Crippen LogP contribution is 2.32. The number of nitrogens with zero attached hydrogens (tertiary/aromatic N) is 2. The molecule has 1 heterocycles. The lowest BCUT2D eigenvalue weighted by Gasteiger charge is -2.43. The van der Waals surface area contributed by atoms with Crippen molar-refractivity contribution in [3.8, 4) is 0 Å². The van der Waals surface area contributed by atoms with E-state index in [4.69, 9.17) is 0 Å². The number of rotatable bonds is 5. The molecule has 3 rings (SSSR count). The molecule has 0 aromatic heterocycles. The second kappa shape index (κ2) is 7.49. The van der Waals surface area contributed by atoms with Gasteiger partial charge < -0.3 is 5.11 Å². The topological polar surface area (TPSA) is 60.9 Å². The van der Waals surface area contributed by atoms with Gasteiger partial charge >= 0.3 is 0 Å². The monoisotopic (exact) mass is 338 g/mol. The van der Waals surface area contributed by atoms with E-state index in [9.17, 15) is 14.7 Å². The van der Waals surface area contributed by atoms with Crippen LogP contribution < -0.4 is 10.0 Å². The van der Waals surface area contributed by atoms with Crippen LogP contribution in [0.1, 0.15) is 26.2 Å². The van der Waals surface area contributed by atoms with Crippen molar-refractivity contribution in [1.29, 1.82) is 0 Å². The van der Waals surface area contributed by atoms with Crippen molar-refractivity contribution in [3.63, 3.8) is 0 Å². The van der Waals surface area contributed by atoms with Crippen LogP contribution in [0.2, 0.25) is 0 Å². The first-order valence-electron chi connectivity index (χ1n) is 8.61. The summed E-state index contributed by atoms with van der Waals surface area (Å²) in [6, 6.07) is 18.0. The average Bonchev–Trinajstić information content (AvgIpc) is 2.66. The van der Waals surface area contributed by atoms with Gasteiger partial charge in [0.1, 0.15) is 6.10 Å². The number of unbranched alkanes of at least 4 members (excludes halogenated alkanes) is 1. The number of para-hydroxylation sites is 2. The van der Waals surface area contributed by atoms with Gasteiger partial charge in [0.05, 0.1) is 17.3 Å². The molecular formula is C20H22N2O3. The number of anilines is 2. The summed E-state index contributed by atoms with van der Waals surface area (Å²) in [5, 5.41) is 13.2. The molecule has 1 N–H and O–H groups in total. The lowest BCUT2D eigenvalue weighted by Crippen LogP contribution is -2.63. The SMILES string of the molecule is CCCCC1C(=O)N(c2ccccc2)N(c2ccccc2)C(=O)C1O. The van der Waals surface area contributed by atoms with E-state index < -0.39 is 17.9 Å². The quantitative estimate of drug-likeness (QED) is 0.911. The molecule has 1 fully saturated rings. The maximum Gasteiger partial charge on any atom is 0.275 e. The summed E-state index contributed by atoms with van der Waals surface area (Å²) in [7, 11) is 0. The number of carbonyl (C=O) groups is 2. The predicted molar refractivity (Wildman–Crippen MR) is 96.9 cm³/mol. The summed E-state index contributed by atoms with van der Waals surface area (Å²) in [6.07, 6.45) is 0.862. The van der Waals surface area contributed by atoms with Gasteiger partial charge in [-0.1, -0.05) is 56.2 Å². The predicted octanol–water partition coefficient (Wildman–Crippen LogP) is 3.15. The molecular weight excluding hydrogens is 316 g/mol. The van der Waals surface area contributed by atoms with Gasteiger partial charge in [0.2, 0.25) is 0 Å². The van der Waals surface area contributed by atoms with Crippen LogP contribution in [0.4, 0.5) is 11.4 Å². The number of carbonyl (C=O) groups excluding carboxylic acids is 2. The summed E-state index contributed by atoms with van der Waals surface area (Å²) in [5.41, 5.74) is 1.16. The van der Waals surface area contributed by atoms with Gasteiger partial charge in [-0.15, -0.1) is 0 Å². The minimum Gasteiger partial charge on any atom is -0.382 e. The van der Waals surface area contributed by atoms with E-state index >= 15 is 0 Å². The molecule has 130 valence electrons. The molecule has 0 saturated carbocycles. The summed E-state index contributed by atoms with van der Waals surface area (Å²) < 4.78 is 0. The zero-order valence-corrected chi connectivity index (χ0v) is 14.2. The van der Waals surface area contributed by atoms with Crippen molar-refractivity contribution in [1.82, 2.24) is 0 Å². The van der Waals surface area contributed by atoms with E-state index in [1.54, 1.807) is 36.4 Å². The van der Waals surface area contributed by atoms with Crippen molar-refractivity contribution in [2.45, 2.75) is 32.3 Å². The zero-order valence-electron chi connectivity index (χ0n) is 14.2. The molecule has 0 aliphatic carbocycles. The molecule has 2 aromatic rings. The van der Waals surface area contributed by atoms with Gasteiger partial charge in [-0.05, 0) is 30.7 Å². The highest BCUT2D eigenvalue weighted by molar-refractivity contribution is 6.14. The van der Waals surface area contributed by atoms with Crippen LogP contribution in [0.5, 0.6) is 0 Å². The third-order valence-electron chi connectivity index (χ3n) is 4.44. The van der Waals surface area contributed by atoms with Crippen LogP contribution >= 0.6 is 0 Å². The van der Waals surface area contributed by atoms with Crippen LogP contribution in [-0.4, -0.2) is 23.0 Å². The van der Waals surface area contributed by atoms with Crippen molar-refractivity contribution >= 4 is 23.2 Å². The standard InChI is InChI=1S/C20H22N2O3/c1-2-3-14-17-18(23)20(25)22(16-12-8-5-9-13-16)21(19(17)24)15-10-6-4-7-11-15/h4-13,17-18,23H,2-3,14H2,1H3. The lowest BCUT2D eigenvalue weighted by atomic mass is 9.91. The summed E-state index contributed by atoms with van der Waals surface area (Å²) in [4.78, 5) is 26.1. The Labute approximate surface area is 147 Å². The maximum absolute atomic E-state index is 13.1. The van der Waals surface area contributed by atoms with Crippen molar-refractivity contribution in [2.75, 3.05) is 10.0 Å². The number of hydrazine groups is 1. The molecule has 0 bridgehead atoms. The highest BCUT2D eigenvalue weighted by Gasteiger charge is 2.46. The number of benzene rings is 2. The van der Waals surface area contributed by atoms with Gasteiger partial charge in [-0.2, -0.15) is 0 Å². The Morgan fingerprint density at radius 3 is 1.80 bits per heavy atom. The molecule has 1 aliphatic heterocycles. The van der Waals surface area contributed by atoms with E-state index in [0.717, 1.165) is 12.8 Å². The molecule has 0 radical (unpaired) electrons. The Morgan fingerprint density at radius 1 is 0.840 bits per heavy atom. The van der Waals surface area contributed by atoms with E-state index in [1.165, 1.54) is 10.0 Å². The van der Waals surface area contributed by atoms with Crippen molar-refractivity contribution < 1.29 is 14.7 Å². The van der Waals surface area contributed by atoms with E-state index in [1.807, 2.05) is 31.2 Å². The van der Waals surface area contributed by atoms with E-state index in [0.29, 0.717) is 17.8 Å². The Bertz CT molecular complexity index is 733. The highest BCUT2D eigenvalue weighted by atomic mass is 16.3. The third-order valence-corrected chi connectivity index (χ3v) is 4.44. The fourth-order valence-electron chi connectivity index (χ4n) is 3.12. The number of aliphatic hydroxyl groups excluding tert-OH is 1. The molecule has 1 saturated heterocycles. The fourth-order valence-corrected chi connectivity index (χ4v) is 3.12. The summed E-state index contributed by atoms with van der Waals surface area (Å²) in [6.45, 7) is 2.02. The first-order chi connectivity index (χ1) is 12.1. The van der Waals surface area contributed by atoms with E-state index in [-0.39, 0.29) is 5.91 Å². The lowest BCUT2D eigenvalue weighted by molar-refractivity contribution is -0.142. The smallest absolute Gasteiger partial charge is 0.275 e. The largest absolute Gasteiger partial charge is 0.382 e. The zero-order chi connectivity index (χ0) is 17.8. The van der Waals surface area contributed by atoms with Crippen LogP contribution in [-0.2, 0) is 9.59 Å². The minimum absolute atomic E-state index is 0.254. The first kappa shape index (κ1) is 17.2. The van der Waals surface area contributed by atoms with Crippen molar-refractivity contribution in [3.05, 3.63) is 60.7 Å². The molecule has 5 nitrogen and oxygen atoms in total. The first-order valence-corrected chi connectivity index (χ1v) is 8.61. The Morgan fingerprint density at radius 2 is 1.32 bits per heavy atom. The van der Waals surface area contributed by atoms with Crippen molar-refractivity contribution in [2.24, 2.45) is 5.92 Å². The average molecular weight is 338 g/mol. The molecule has 2 amide bonds. The molecule has 1 aliphatic rings. The third kappa shape index (κ3) is 3.28.